The fourth-order valence-electron chi connectivity index (χ4n) is 1.21. The van der Waals surface area contributed by atoms with Gasteiger partial charge in [-0.15, -0.1) is 0 Å². The summed E-state index contributed by atoms with van der Waals surface area (Å²) in [5, 5.41) is 0. The highest BCUT2D eigenvalue weighted by Gasteiger charge is 1.97. The van der Waals surface area contributed by atoms with Crippen molar-refractivity contribution in [2.75, 3.05) is 12.3 Å². The molecule has 2 aromatic heterocycles. The van der Waals surface area contributed by atoms with Crippen molar-refractivity contribution in [2.45, 2.75) is 6.42 Å². The fraction of sp³-hybridized carbons (Fsp3) is 0.182. The van der Waals surface area contributed by atoms with Gasteiger partial charge in [0.05, 0.1) is 19.0 Å². The van der Waals surface area contributed by atoms with Gasteiger partial charge in [-0.2, -0.15) is 0 Å². The molecule has 0 radical (unpaired) electrons. The maximum Gasteiger partial charge on any atom is 0.232 e. The molecule has 0 aliphatic rings. The van der Waals surface area contributed by atoms with Crippen LogP contribution in [0.1, 0.15) is 5.69 Å². The number of hydrogen-bond acceptors (Lipinski definition) is 5. The maximum absolute atomic E-state index is 5.41. The van der Waals surface area contributed by atoms with Crippen LogP contribution in [0.5, 0.6) is 5.88 Å². The lowest BCUT2D eigenvalue weighted by Gasteiger charge is -2.04. The van der Waals surface area contributed by atoms with Gasteiger partial charge in [-0.25, -0.2) is 9.97 Å². The molecule has 2 rings (SSSR count). The average Bonchev–Trinajstić information content (AvgIpc) is 2.33. The molecule has 0 unspecified atom stereocenters. The third-order valence-electron chi connectivity index (χ3n) is 1.98. The van der Waals surface area contributed by atoms with E-state index in [1.807, 2.05) is 18.2 Å². The van der Waals surface area contributed by atoms with Crippen molar-refractivity contribution in [3.8, 4) is 5.88 Å². The van der Waals surface area contributed by atoms with Crippen LogP contribution >= 0.6 is 0 Å². The number of nitrogens with two attached hydrogens (primary N) is 1. The summed E-state index contributed by atoms with van der Waals surface area (Å²) in [4.78, 5) is 12.0. The van der Waals surface area contributed by atoms with E-state index in [1.165, 1.54) is 12.4 Å². The Kier molecular flexibility index (Phi) is 3.28. The Balaban J connectivity index is 1.82. The van der Waals surface area contributed by atoms with Crippen molar-refractivity contribution < 1.29 is 4.74 Å². The first kappa shape index (κ1) is 10.4. The van der Waals surface area contributed by atoms with Crippen LogP contribution in [0, 0.1) is 0 Å². The zero-order valence-corrected chi connectivity index (χ0v) is 8.71. The van der Waals surface area contributed by atoms with E-state index in [-0.39, 0.29) is 0 Å². The number of nitrogens with zero attached hydrogens (tertiary/aromatic N) is 3. The SMILES string of the molecule is Nc1cnc(OCCc2ccccn2)cn1. The molecule has 2 aromatic rings. The summed E-state index contributed by atoms with van der Waals surface area (Å²) in [6.45, 7) is 0.523. The van der Waals surface area contributed by atoms with E-state index in [9.17, 15) is 0 Å². The first-order valence-corrected chi connectivity index (χ1v) is 4.95. The van der Waals surface area contributed by atoms with Gasteiger partial charge in [-0.05, 0) is 12.1 Å². The van der Waals surface area contributed by atoms with Crippen LogP contribution in [-0.2, 0) is 6.42 Å². The molecule has 0 fully saturated rings. The molecule has 5 heteroatoms. The summed E-state index contributed by atoms with van der Waals surface area (Å²) in [5.41, 5.74) is 6.40. The lowest BCUT2D eigenvalue weighted by molar-refractivity contribution is 0.307. The van der Waals surface area contributed by atoms with E-state index in [1.54, 1.807) is 6.20 Å². The van der Waals surface area contributed by atoms with Crippen molar-refractivity contribution in [2.24, 2.45) is 0 Å². The second-order valence-corrected chi connectivity index (χ2v) is 3.20. The lowest BCUT2D eigenvalue weighted by atomic mass is 10.3. The van der Waals surface area contributed by atoms with Crippen LogP contribution in [0.3, 0.4) is 0 Å². The minimum absolute atomic E-state index is 0.386. The largest absolute Gasteiger partial charge is 0.476 e. The molecule has 82 valence electrons. The number of ether oxygens (including phenoxy) is 1. The van der Waals surface area contributed by atoms with Crippen LogP contribution < -0.4 is 10.5 Å². The number of pyridine rings is 1. The van der Waals surface area contributed by atoms with Crippen LogP contribution in [0.2, 0.25) is 0 Å². The van der Waals surface area contributed by atoms with E-state index in [2.05, 4.69) is 15.0 Å². The van der Waals surface area contributed by atoms with Gasteiger partial charge in [0.15, 0.2) is 0 Å². The zero-order valence-electron chi connectivity index (χ0n) is 8.71. The Morgan fingerprint density at radius 2 is 2.06 bits per heavy atom. The number of aromatic nitrogens is 3. The Labute approximate surface area is 93.3 Å². The number of hydrogen-bond donors (Lipinski definition) is 1. The highest BCUT2D eigenvalue weighted by molar-refractivity contribution is 5.24. The summed E-state index contributed by atoms with van der Waals surface area (Å²) in [7, 11) is 0. The standard InChI is InChI=1S/C11H12N4O/c12-10-7-15-11(8-14-10)16-6-4-9-3-1-2-5-13-9/h1-3,5,7-8H,4,6H2,(H2,12,14). The van der Waals surface area contributed by atoms with Gasteiger partial charge in [0.25, 0.3) is 0 Å². The minimum Gasteiger partial charge on any atom is -0.476 e. The van der Waals surface area contributed by atoms with Crippen LogP contribution in [0.25, 0.3) is 0 Å². The van der Waals surface area contributed by atoms with Crippen LogP contribution in [0.15, 0.2) is 36.8 Å². The zero-order chi connectivity index (χ0) is 11.2. The van der Waals surface area contributed by atoms with Gasteiger partial charge in [0.1, 0.15) is 5.82 Å². The van der Waals surface area contributed by atoms with Gasteiger partial charge in [-0.1, -0.05) is 6.07 Å². The summed E-state index contributed by atoms with van der Waals surface area (Å²) in [6, 6.07) is 5.79. The van der Waals surface area contributed by atoms with Gasteiger partial charge in [-0.3, -0.25) is 4.98 Å². The van der Waals surface area contributed by atoms with Crippen LogP contribution in [-0.4, -0.2) is 21.6 Å². The van der Waals surface area contributed by atoms with E-state index in [0.29, 0.717) is 18.3 Å². The molecule has 0 saturated carbocycles. The van der Waals surface area contributed by atoms with Crippen molar-refractivity contribution in [3.63, 3.8) is 0 Å². The Hall–Kier alpha value is -2.17. The molecule has 16 heavy (non-hydrogen) atoms. The van der Waals surface area contributed by atoms with E-state index >= 15 is 0 Å². The normalized spacial score (nSPS) is 10.0. The van der Waals surface area contributed by atoms with Gasteiger partial charge >= 0.3 is 0 Å². The first-order valence-electron chi connectivity index (χ1n) is 4.95. The lowest BCUT2D eigenvalue weighted by Crippen LogP contribution is -2.04. The molecule has 0 aliphatic carbocycles. The summed E-state index contributed by atoms with van der Waals surface area (Å²) < 4.78 is 5.40. The molecular weight excluding hydrogens is 204 g/mol. The molecule has 0 aromatic carbocycles. The summed E-state index contributed by atoms with van der Waals surface area (Å²) in [5.74, 6) is 0.863. The second kappa shape index (κ2) is 5.06. The first-order chi connectivity index (χ1) is 7.84. The van der Waals surface area contributed by atoms with Crippen molar-refractivity contribution in [1.29, 1.82) is 0 Å². The Morgan fingerprint density at radius 3 is 2.75 bits per heavy atom. The number of anilines is 1. The number of rotatable bonds is 4. The van der Waals surface area contributed by atoms with Crippen molar-refractivity contribution in [3.05, 3.63) is 42.5 Å². The molecule has 0 amide bonds. The Morgan fingerprint density at radius 1 is 1.12 bits per heavy atom. The average molecular weight is 216 g/mol. The van der Waals surface area contributed by atoms with E-state index in [4.69, 9.17) is 10.5 Å². The predicted octanol–water partition coefficient (Wildman–Crippen LogP) is 1.08. The molecule has 2 N–H and O–H groups in total. The molecule has 0 bridgehead atoms. The quantitative estimate of drug-likeness (QED) is 0.827. The fourth-order valence-corrected chi connectivity index (χ4v) is 1.21. The molecular formula is C11H12N4O. The van der Waals surface area contributed by atoms with Crippen molar-refractivity contribution in [1.82, 2.24) is 15.0 Å². The van der Waals surface area contributed by atoms with Gasteiger partial charge in [0, 0.05) is 18.3 Å². The third-order valence-corrected chi connectivity index (χ3v) is 1.98. The molecule has 0 aliphatic heterocycles. The second-order valence-electron chi connectivity index (χ2n) is 3.20. The monoisotopic (exact) mass is 216 g/mol. The molecule has 0 saturated heterocycles. The van der Waals surface area contributed by atoms with Crippen LogP contribution in [0.4, 0.5) is 5.82 Å². The van der Waals surface area contributed by atoms with E-state index in [0.717, 1.165) is 12.1 Å². The number of nitrogen functional groups attached to an aromatic ring is 1. The smallest absolute Gasteiger partial charge is 0.232 e. The van der Waals surface area contributed by atoms with Crippen molar-refractivity contribution >= 4 is 5.82 Å². The van der Waals surface area contributed by atoms with Gasteiger partial charge in [0.2, 0.25) is 5.88 Å². The maximum atomic E-state index is 5.41. The summed E-state index contributed by atoms with van der Waals surface area (Å²) in [6.07, 6.45) is 5.48. The molecule has 2 heterocycles. The van der Waals surface area contributed by atoms with Gasteiger partial charge < -0.3 is 10.5 Å². The molecule has 5 nitrogen and oxygen atoms in total. The van der Waals surface area contributed by atoms with E-state index < -0.39 is 0 Å². The molecule has 0 atom stereocenters. The highest BCUT2D eigenvalue weighted by Crippen LogP contribution is 2.05. The summed E-state index contributed by atoms with van der Waals surface area (Å²) >= 11 is 0. The Bertz CT molecular complexity index is 429. The molecule has 0 spiro atoms. The highest BCUT2D eigenvalue weighted by atomic mass is 16.5. The topological polar surface area (TPSA) is 73.9 Å². The third kappa shape index (κ3) is 2.91. The minimum atomic E-state index is 0.386. The predicted molar refractivity (Wildman–Crippen MR) is 59.9 cm³/mol.